The Balaban J connectivity index is 1.44. The van der Waals surface area contributed by atoms with Crippen molar-refractivity contribution in [3.8, 4) is 11.1 Å². The number of ether oxygens (including phenoxy) is 4. The van der Waals surface area contributed by atoms with Crippen molar-refractivity contribution in [1.29, 1.82) is 0 Å². The van der Waals surface area contributed by atoms with Crippen LogP contribution in [0.25, 0.3) is 11.1 Å². The third kappa shape index (κ3) is 20.6. The molecule has 15 nitrogen and oxygen atoms in total. The second kappa shape index (κ2) is 30.8. The van der Waals surface area contributed by atoms with Crippen LogP contribution >= 0.6 is 0 Å². The number of unbranched alkanes of at least 4 members (excludes halogenated alkanes) is 8. The number of carbonyl (C=O) groups is 7. The molecule has 0 spiro atoms. The molecule has 406 valence electrons. The second-order valence-electron chi connectivity index (χ2n) is 21.1. The minimum Gasteiger partial charge on any atom is -0.461 e. The summed E-state index contributed by atoms with van der Waals surface area (Å²) in [4.78, 5) is 96.0. The topological polar surface area (TPSA) is 205 Å². The van der Waals surface area contributed by atoms with Gasteiger partial charge in [0.1, 0.15) is 49.1 Å². The molecule has 0 aliphatic heterocycles. The molecule has 0 bridgehead atoms. The molecule has 0 radical (unpaired) electrons. The molecule has 0 heterocycles. The van der Waals surface area contributed by atoms with Crippen LogP contribution in [0.5, 0.6) is 0 Å². The average Bonchev–Trinajstić information content (AvgIpc) is 3.68. The molecule has 1 aliphatic rings. The number of benzene rings is 3. The van der Waals surface area contributed by atoms with Crippen molar-refractivity contribution in [3.05, 3.63) is 95.6 Å². The van der Waals surface area contributed by atoms with Crippen LogP contribution in [0, 0.1) is 11.8 Å². The first-order valence-corrected chi connectivity index (χ1v) is 26.9. The maximum atomic E-state index is 14.3. The van der Waals surface area contributed by atoms with E-state index in [1.54, 1.807) is 27.7 Å². The van der Waals surface area contributed by atoms with E-state index in [4.69, 9.17) is 18.9 Å². The van der Waals surface area contributed by atoms with Crippen LogP contribution < -0.4 is 21.3 Å². The van der Waals surface area contributed by atoms with Crippen molar-refractivity contribution in [1.82, 2.24) is 21.3 Å². The summed E-state index contributed by atoms with van der Waals surface area (Å²) >= 11 is 0. The summed E-state index contributed by atoms with van der Waals surface area (Å²) in [6.07, 6.45) is 8.43. The molecule has 0 saturated heterocycles. The molecular weight excluding hydrogens is 941 g/mol. The van der Waals surface area contributed by atoms with E-state index in [0.29, 0.717) is 12.8 Å². The van der Waals surface area contributed by atoms with Gasteiger partial charge in [-0.2, -0.15) is 0 Å². The molecule has 3 aromatic rings. The number of alkyl carbamates (subject to hydrolysis) is 1. The molecule has 4 rings (SSSR count). The highest BCUT2D eigenvalue weighted by molar-refractivity contribution is 5.96. The molecule has 1 aliphatic carbocycles. The fraction of sp³-hybridized carbons (Fsp3) is 0.576. The van der Waals surface area contributed by atoms with E-state index in [0.717, 1.165) is 53.5 Å². The van der Waals surface area contributed by atoms with Crippen LogP contribution in [-0.4, -0.2) is 84.2 Å². The van der Waals surface area contributed by atoms with Gasteiger partial charge in [0.25, 0.3) is 0 Å². The minimum absolute atomic E-state index is 0.0105. The van der Waals surface area contributed by atoms with Gasteiger partial charge < -0.3 is 40.2 Å². The number of nitrogens with one attached hydrogen (secondary N) is 4. The van der Waals surface area contributed by atoms with Gasteiger partial charge in [0.2, 0.25) is 17.7 Å². The van der Waals surface area contributed by atoms with Gasteiger partial charge in [-0.05, 0) is 86.6 Å². The molecule has 74 heavy (non-hydrogen) atoms. The summed E-state index contributed by atoms with van der Waals surface area (Å²) in [6, 6.07) is 20.0. The van der Waals surface area contributed by atoms with Gasteiger partial charge in [-0.25, -0.2) is 9.59 Å². The molecule has 4 N–H and O–H groups in total. The Hall–Kier alpha value is -6.25. The molecular formula is C59H84N4O11. The average molecular weight is 1030 g/mol. The molecule has 4 amide bonds. The Bertz CT molecular complexity index is 2230. The van der Waals surface area contributed by atoms with E-state index in [-0.39, 0.29) is 37.9 Å². The molecule has 15 heteroatoms. The van der Waals surface area contributed by atoms with E-state index in [1.165, 1.54) is 39.0 Å². The molecule has 0 saturated carbocycles. The number of hydrogen-bond donors (Lipinski definition) is 4. The second-order valence-corrected chi connectivity index (χ2v) is 21.1. The normalized spacial score (nSPS) is 14.5. The van der Waals surface area contributed by atoms with E-state index < -0.39 is 89.9 Å². The molecule has 0 fully saturated rings. The predicted molar refractivity (Wildman–Crippen MR) is 285 cm³/mol. The third-order valence-corrected chi connectivity index (χ3v) is 13.1. The number of carbonyl (C=O) groups excluding carboxylic acids is 7. The molecule has 0 aromatic heterocycles. The maximum absolute atomic E-state index is 14.3. The molecule has 3 aromatic carbocycles. The fourth-order valence-corrected chi connectivity index (χ4v) is 8.94. The SMILES string of the molecule is CCCCCCCCCCCC(CC(=O)OCc1ccccc1)OC(=O)[C@@H](NC(=O)[C@@H](CC(C)C)NC(=O)[C@H](CC(=O)OC(C)(C)C)NC(=O)[C@H](C)NC(=O)OCC1c2ccccc2-c2ccccc21)[C@@H](C)CC. The van der Waals surface area contributed by atoms with Gasteiger partial charge in [0.05, 0.1) is 12.8 Å². The van der Waals surface area contributed by atoms with Crippen LogP contribution in [-0.2, 0) is 54.3 Å². The zero-order valence-electron chi connectivity index (χ0n) is 45.4. The van der Waals surface area contributed by atoms with Crippen molar-refractivity contribution in [2.75, 3.05) is 6.61 Å². The summed E-state index contributed by atoms with van der Waals surface area (Å²) in [6.45, 7) is 16.1. The van der Waals surface area contributed by atoms with E-state index in [2.05, 4.69) is 28.2 Å². The quantitative estimate of drug-likeness (QED) is 0.0271. The lowest BCUT2D eigenvalue weighted by molar-refractivity contribution is -0.160. The number of hydrogen-bond acceptors (Lipinski definition) is 11. The molecule has 1 unspecified atom stereocenters. The number of esters is 3. The lowest BCUT2D eigenvalue weighted by Crippen LogP contribution is -2.58. The van der Waals surface area contributed by atoms with E-state index in [9.17, 15) is 33.6 Å². The Kier molecular flexibility index (Phi) is 25.1. The first kappa shape index (κ1) is 60.3. The van der Waals surface area contributed by atoms with Gasteiger partial charge in [0, 0.05) is 5.92 Å². The highest BCUT2D eigenvalue weighted by atomic mass is 16.6. The van der Waals surface area contributed by atoms with Gasteiger partial charge >= 0.3 is 24.0 Å². The van der Waals surface area contributed by atoms with Gasteiger partial charge in [-0.15, -0.1) is 0 Å². The van der Waals surface area contributed by atoms with E-state index in [1.807, 2.05) is 99.6 Å². The summed E-state index contributed by atoms with van der Waals surface area (Å²) in [5.41, 5.74) is 4.06. The Morgan fingerprint density at radius 3 is 1.73 bits per heavy atom. The molecule has 6 atom stereocenters. The maximum Gasteiger partial charge on any atom is 0.407 e. The Labute approximate surface area is 439 Å². The monoisotopic (exact) mass is 1020 g/mol. The van der Waals surface area contributed by atoms with Crippen LogP contribution in [0.1, 0.15) is 175 Å². The highest BCUT2D eigenvalue weighted by Crippen LogP contribution is 2.44. The zero-order chi connectivity index (χ0) is 54.2. The first-order valence-electron chi connectivity index (χ1n) is 26.9. The number of amides is 4. The Morgan fingerprint density at radius 2 is 1.15 bits per heavy atom. The third-order valence-electron chi connectivity index (χ3n) is 13.1. The van der Waals surface area contributed by atoms with Crippen molar-refractivity contribution >= 4 is 41.7 Å². The van der Waals surface area contributed by atoms with Crippen LogP contribution in [0.4, 0.5) is 4.79 Å². The van der Waals surface area contributed by atoms with Gasteiger partial charge in [-0.3, -0.25) is 24.0 Å². The van der Waals surface area contributed by atoms with Crippen LogP contribution in [0.15, 0.2) is 78.9 Å². The number of fused-ring (bicyclic) bond motifs is 3. The standard InChI is InChI=1S/C59H84N4O11/c1-10-12-13-14-15-16-17-18-22-29-43(35-51(64)71-37-42-27-20-19-21-28-42)73-57(69)53(40(5)11-2)63-56(68)49(34-39(3)4)62-55(67)50(36-52(65)74-59(7,8)9)61-54(66)41(6)60-58(70)72-38-48-46-32-25-23-30-44(46)45-31-24-26-33-47(45)48/h19-21,23-28,30-33,39-41,43,48-50,53H,10-18,22,29,34-38H2,1-9H3,(H,60,70)(H,61,66)(H,62,67)(H,63,68)/t40-,41-,43?,49+,50-,53-/m0/s1. The lowest BCUT2D eigenvalue weighted by Gasteiger charge is -2.29. The zero-order valence-corrected chi connectivity index (χ0v) is 45.4. The smallest absolute Gasteiger partial charge is 0.407 e. The summed E-state index contributed by atoms with van der Waals surface area (Å²) in [5, 5.41) is 10.7. The van der Waals surface area contributed by atoms with Crippen molar-refractivity contribution in [2.45, 2.75) is 201 Å². The summed E-state index contributed by atoms with van der Waals surface area (Å²) in [7, 11) is 0. The first-order chi connectivity index (χ1) is 35.3. The van der Waals surface area contributed by atoms with Crippen molar-refractivity contribution in [3.63, 3.8) is 0 Å². The van der Waals surface area contributed by atoms with Gasteiger partial charge in [0.15, 0.2) is 0 Å². The van der Waals surface area contributed by atoms with Crippen molar-refractivity contribution < 1.29 is 52.5 Å². The van der Waals surface area contributed by atoms with E-state index >= 15 is 0 Å². The predicted octanol–water partition coefficient (Wildman–Crippen LogP) is 10.2. The fourth-order valence-electron chi connectivity index (χ4n) is 8.94. The van der Waals surface area contributed by atoms with Crippen LogP contribution in [0.2, 0.25) is 0 Å². The summed E-state index contributed by atoms with van der Waals surface area (Å²) in [5.74, 6) is -5.13. The largest absolute Gasteiger partial charge is 0.461 e. The minimum atomic E-state index is -1.54. The number of rotatable bonds is 31. The van der Waals surface area contributed by atoms with Crippen molar-refractivity contribution in [2.24, 2.45) is 11.8 Å². The Morgan fingerprint density at radius 1 is 0.595 bits per heavy atom. The van der Waals surface area contributed by atoms with Crippen LogP contribution in [0.3, 0.4) is 0 Å². The van der Waals surface area contributed by atoms with Gasteiger partial charge in [-0.1, -0.05) is 171 Å². The summed E-state index contributed by atoms with van der Waals surface area (Å²) < 4.78 is 22.8. The lowest BCUT2D eigenvalue weighted by atomic mass is 9.97. The highest BCUT2D eigenvalue weighted by Gasteiger charge is 2.36.